The van der Waals surface area contributed by atoms with Crippen molar-refractivity contribution in [3.63, 3.8) is 0 Å². The van der Waals surface area contributed by atoms with E-state index in [9.17, 15) is 19.8 Å². The van der Waals surface area contributed by atoms with E-state index in [0.717, 1.165) is 10.8 Å². The Balaban J connectivity index is 1.92. The van der Waals surface area contributed by atoms with Crippen LogP contribution in [0.2, 0.25) is 0 Å². The van der Waals surface area contributed by atoms with E-state index in [1.165, 1.54) is 7.11 Å². The largest absolute Gasteiger partial charge is 0.484 e. The van der Waals surface area contributed by atoms with E-state index in [1.54, 1.807) is 19.9 Å². The van der Waals surface area contributed by atoms with Gasteiger partial charge in [0.05, 0.1) is 29.2 Å². The van der Waals surface area contributed by atoms with Gasteiger partial charge in [-0.15, -0.1) is 0 Å². The summed E-state index contributed by atoms with van der Waals surface area (Å²) in [5, 5.41) is 27.6. The summed E-state index contributed by atoms with van der Waals surface area (Å²) < 4.78 is 12.7. The topological polar surface area (TPSA) is 110 Å². The minimum absolute atomic E-state index is 0.155. The molecule has 2 heterocycles. The van der Waals surface area contributed by atoms with Gasteiger partial charge in [-0.3, -0.25) is 9.59 Å². The standard InChI is InChI=1S/C26H26N2O6/c1-26(2)25(32)24(31)21-18(34-26)11-16(27-12-19(29)33-4)20-22(21)28(3)17-10-14-8-6-5-7-13(14)9-15(17)23(20)30/h5-11,24-25,27,31-32H,12H2,1-4H3/t24-,25-/m1/s1. The fourth-order valence-electron chi connectivity index (χ4n) is 4.81. The van der Waals surface area contributed by atoms with Crippen LogP contribution in [0.1, 0.15) is 25.5 Å². The van der Waals surface area contributed by atoms with Gasteiger partial charge in [0.2, 0.25) is 0 Å². The van der Waals surface area contributed by atoms with Gasteiger partial charge in [0.15, 0.2) is 5.43 Å². The monoisotopic (exact) mass is 462 g/mol. The van der Waals surface area contributed by atoms with Crippen molar-refractivity contribution in [2.24, 2.45) is 7.05 Å². The molecule has 5 rings (SSSR count). The Morgan fingerprint density at radius 3 is 2.53 bits per heavy atom. The van der Waals surface area contributed by atoms with Crippen LogP contribution in [0.25, 0.3) is 32.6 Å². The minimum Gasteiger partial charge on any atom is -0.484 e. The molecule has 8 nitrogen and oxygen atoms in total. The summed E-state index contributed by atoms with van der Waals surface area (Å²) in [4.78, 5) is 25.7. The summed E-state index contributed by atoms with van der Waals surface area (Å²) >= 11 is 0. The third-order valence-corrected chi connectivity index (χ3v) is 6.67. The number of esters is 1. The first-order valence-corrected chi connectivity index (χ1v) is 11.0. The van der Waals surface area contributed by atoms with Crippen LogP contribution in [-0.2, 0) is 16.6 Å². The number of carbonyl (C=O) groups excluding carboxylic acids is 1. The molecule has 0 saturated heterocycles. The SMILES string of the molecule is COC(=O)CNc1cc2c(c3c1c(=O)c1cc4ccccc4cc1n3C)[C@@H](O)[C@@H](O)C(C)(C)O2. The molecule has 0 spiro atoms. The van der Waals surface area contributed by atoms with Gasteiger partial charge in [-0.05, 0) is 36.8 Å². The Kier molecular flexibility index (Phi) is 5.03. The normalized spacial score (nSPS) is 19.1. The second-order valence-corrected chi connectivity index (χ2v) is 9.19. The number of fused-ring (bicyclic) bond motifs is 5. The predicted octanol–water partition coefficient (Wildman–Crippen LogP) is 3.00. The Morgan fingerprint density at radius 2 is 1.85 bits per heavy atom. The highest BCUT2D eigenvalue weighted by atomic mass is 16.5. The molecule has 2 atom stereocenters. The number of anilines is 1. The number of aliphatic hydroxyl groups is 2. The van der Waals surface area contributed by atoms with Crippen LogP contribution in [-0.4, -0.2) is 46.1 Å². The van der Waals surface area contributed by atoms with Gasteiger partial charge in [-0.2, -0.15) is 0 Å². The average Bonchev–Trinajstić information content (AvgIpc) is 2.82. The maximum Gasteiger partial charge on any atom is 0.325 e. The molecule has 3 aromatic carbocycles. The molecule has 0 saturated carbocycles. The van der Waals surface area contributed by atoms with E-state index in [4.69, 9.17) is 9.47 Å². The third-order valence-electron chi connectivity index (χ3n) is 6.67. The van der Waals surface area contributed by atoms with Crippen molar-refractivity contribution in [3.8, 4) is 5.75 Å². The fourth-order valence-corrected chi connectivity index (χ4v) is 4.81. The van der Waals surface area contributed by atoms with E-state index in [2.05, 4.69) is 5.32 Å². The summed E-state index contributed by atoms with van der Waals surface area (Å²) in [7, 11) is 3.10. The number of pyridine rings is 1. The van der Waals surface area contributed by atoms with Crippen molar-refractivity contribution < 1.29 is 24.5 Å². The second-order valence-electron chi connectivity index (χ2n) is 9.19. The third kappa shape index (κ3) is 3.21. The van der Waals surface area contributed by atoms with Gasteiger partial charge in [0.1, 0.15) is 30.1 Å². The van der Waals surface area contributed by atoms with Gasteiger partial charge in [-0.1, -0.05) is 24.3 Å². The molecule has 0 amide bonds. The van der Waals surface area contributed by atoms with E-state index < -0.39 is 23.8 Å². The van der Waals surface area contributed by atoms with Crippen LogP contribution in [0.15, 0.2) is 47.3 Å². The molecule has 0 unspecified atom stereocenters. The number of hydrogen-bond acceptors (Lipinski definition) is 7. The number of aryl methyl sites for hydroxylation is 1. The number of benzene rings is 3. The van der Waals surface area contributed by atoms with Crippen molar-refractivity contribution >= 4 is 44.2 Å². The lowest BCUT2D eigenvalue weighted by Gasteiger charge is -2.41. The Labute approximate surface area is 195 Å². The fraction of sp³-hybridized carbons (Fsp3) is 0.308. The number of rotatable bonds is 3. The summed E-state index contributed by atoms with van der Waals surface area (Å²) in [5.74, 6) is -0.163. The number of ether oxygens (including phenoxy) is 2. The molecule has 3 N–H and O–H groups in total. The Bertz CT molecular complexity index is 1540. The average molecular weight is 463 g/mol. The molecule has 34 heavy (non-hydrogen) atoms. The Hall–Kier alpha value is -3.62. The van der Waals surface area contributed by atoms with Crippen LogP contribution in [0.5, 0.6) is 5.75 Å². The van der Waals surface area contributed by atoms with Crippen LogP contribution in [0.3, 0.4) is 0 Å². The zero-order chi connectivity index (χ0) is 24.4. The number of hydrogen-bond donors (Lipinski definition) is 3. The van der Waals surface area contributed by atoms with Crippen molar-refractivity contribution in [1.29, 1.82) is 0 Å². The molecule has 0 aliphatic carbocycles. The molecule has 0 fully saturated rings. The number of nitrogens with zero attached hydrogens (tertiary/aromatic N) is 1. The van der Waals surface area contributed by atoms with E-state index >= 15 is 0 Å². The number of methoxy groups -OCH3 is 1. The number of carbonyl (C=O) groups is 1. The van der Waals surface area contributed by atoms with Crippen LogP contribution in [0.4, 0.5) is 5.69 Å². The van der Waals surface area contributed by atoms with Crippen LogP contribution >= 0.6 is 0 Å². The lowest BCUT2D eigenvalue weighted by molar-refractivity contribution is -0.138. The first-order chi connectivity index (χ1) is 16.1. The Morgan fingerprint density at radius 1 is 1.18 bits per heavy atom. The first kappa shape index (κ1) is 22.2. The van der Waals surface area contributed by atoms with Gasteiger partial charge < -0.3 is 29.6 Å². The highest BCUT2D eigenvalue weighted by Gasteiger charge is 2.44. The molecule has 8 heteroatoms. The van der Waals surface area contributed by atoms with Crippen molar-refractivity contribution in [2.45, 2.75) is 31.7 Å². The smallest absolute Gasteiger partial charge is 0.325 e. The van der Waals surface area contributed by atoms with Crippen LogP contribution < -0.4 is 15.5 Å². The lowest BCUT2D eigenvalue weighted by atomic mass is 9.86. The molecule has 1 aromatic heterocycles. The summed E-state index contributed by atoms with van der Waals surface area (Å²) in [6, 6.07) is 13.1. The van der Waals surface area contributed by atoms with E-state index in [-0.39, 0.29) is 12.0 Å². The molecule has 4 aromatic rings. The highest BCUT2D eigenvalue weighted by molar-refractivity contribution is 6.06. The number of aromatic nitrogens is 1. The molecule has 0 radical (unpaired) electrons. The van der Waals surface area contributed by atoms with Gasteiger partial charge in [0.25, 0.3) is 0 Å². The predicted molar refractivity (Wildman–Crippen MR) is 130 cm³/mol. The summed E-state index contributed by atoms with van der Waals surface area (Å²) in [5.41, 5.74) is 0.505. The van der Waals surface area contributed by atoms with E-state index in [0.29, 0.717) is 38.8 Å². The maximum atomic E-state index is 13.9. The zero-order valence-corrected chi connectivity index (χ0v) is 19.4. The summed E-state index contributed by atoms with van der Waals surface area (Å²) in [6.45, 7) is 3.21. The van der Waals surface area contributed by atoms with Gasteiger partial charge in [-0.25, -0.2) is 0 Å². The molecular formula is C26H26N2O6. The minimum atomic E-state index is -1.28. The van der Waals surface area contributed by atoms with Crippen molar-refractivity contribution in [2.75, 3.05) is 19.0 Å². The van der Waals surface area contributed by atoms with Crippen molar-refractivity contribution in [1.82, 2.24) is 4.57 Å². The van der Waals surface area contributed by atoms with Crippen molar-refractivity contribution in [3.05, 3.63) is 58.3 Å². The van der Waals surface area contributed by atoms with Gasteiger partial charge in [0, 0.05) is 24.1 Å². The van der Waals surface area contributed by atoms with E-state index in [1.807, 2.05) is 48.0 Å². The van der Waals surface area contributed by atoms with Crippen LogP contribution in [0, 0.1) is 0 Å². The molecule has 1 aliphatic heterocycles. The van der Waals surface area contributed by atoms with Gasteiger partial charge >= 0.3 is 5.97 Å². The quantitative estimate of drug-likeness (QED) is 0.317. The number of aliphatic hydroxyl groups excluding tert-OH is 2. The molecule has 0 bridgehead atoms. The zero-order valence-electron chi connectivity index (χ0n) is 19.4. The molecule has 1 aliphatic rings. The molecule has 176 valence electrons. The lowest BCUT2D eigenvalue weighted by Crippen LogP contribution is -2.49. The number of nitrogens with one attached hydrogen (secondary N) is 1. The first-order valence-electron chi connectivity index (χ1n) is 11.0. The summed E-state index contributed by atoms with van der Waals surface area (Å²) in [6.07, 6.45) is -2.49. The maximum absolute atomic E-state index is 13.9. The molecular weight excluding hydrogens is 436 g/mol. The highest BCUT2D eigenvalue weighted by Crippen LogP contribution is 2.45. The second kappa shape index (κ2) is 7.72.